The molecule has 0 unspecified atom stereocenters. The molecule has 1 amide bonds. The lowest BCUT2D eigenvalue weighted by Gasteiger charge is -2.05. The van der Waals surface area contributed by atoms with Crippen molar-refractivity contribution in [1.82, 2.24) is 9.78 Å². The molecule has 1 aromatic carbocycles. The maximum Gasteiger partial charge on any atom is 0.350 e. The molecule has 2 rings (SSSR count). The number of ether oxygens (including phenoxy) is 1. The first-order valence-electron chi connectivity index (χ1n) is 6.71. The van der Waals surface area contributed by atoms with Crippen LogP contribution in [0.15, 0.2) is 30.5 Å². The van der Waals surface area contributed by atoms with Gasteiger partial charge < -0.3 is 10.1 Å². The Kier molecular flexibility index (Phi) is 5.04. The molecule has 0 aliphatic rings. The van der Waals surface area contributed by atoms with Crippen molar-refractivity contribution < 1.29 is 19.4 Å². The summed E-state index contributed by atoms with van der Waals surface area (Å²) in [5, 5.41) is 27.8. The Morgan fingerprint density at radius 2 is 1.92 bits per heavy atom. The number of non-ortho nitro benzene ring substituents is 1. The minimum Gasteiger partial charge on any atom is -0.475 e. The second-order valence-corrected chi connectivity index (χ2v) is 4.65. The summed E-state index contributed by atoms with van der Waals surface area (Å²) in [6, 6.07) is 5.38. The Morgan fingerprint density at radius 1 is 1.25 bits per heavy atom. The molecular formula is C13H13N5O6. The van der Waals surface area contributed by atoms with Crippen molar-refractivity contribution in [3.63, 3.8) is 0 Å². The van der Waals surface area contributed by atoms with E-state index in [0.717, 1.165) is 0 Å². The molecule has 11 heteroatoms. The van der Waals surface area contributed by atoms with Crippen LogP contribution >= 0.6 is 0 Å². The van der Waals surface area contributed by atoms with Gasteiger partial charge in [0.1, 0.15) is 6.20 Å². The molecule has 24 heavy (non-hydrogen) atoms. The van der Waals surface area contributed by atoms with Gasteiger partial charge in [0.2, 0.25) is 5.91 Å². The number of nitro benzene ring substituents is 1. The lowest BCUT2D eigenvalue weighted by atomic mass is 10.2. The number of anilines is 1. The molecule has 0 spiro atoms. The molecule has 0 radical (unpaired) electrons. The van der Waals surface area contributed by atoms with Crippen LogP contribution in [0.3, 0.4) is 0 Å². The summed E-state index contributed by atoms with van der Waals surface area (Å²) in [5.41, 5.74) is 0.0480. The van der Waals surface area contributed by atoms with E-state index in [1.54, 1.807) is 0 Å². The summed E-state index contributed by atoms with van der Waals surface area (Å²) in [5.74, 6) is -0.489. The van der Waals surface area contributed by atoms with Gasteiger partial charge in [-0.05, 0) is 12.1 Å². The van der Waals surface area contributed by atoms with Crippen LogP contribution in [-0.4, -0.2) is 32.6 Å². The van der Waals surface area contributed by atoms with Gasteiger partial charge >= 0.3 is 11.6 Å². The average molecular weight is 335 g/mol. The highest BCUT2D eigenvalue weighted by atomic mass is 16.6. The van der Waals surface area contributed by atoms with E-state index in [1.165, 1.54) is 42.3 Å². The monoisotopic (exact) mass is 335 g/mol. The first-order valence-corrected chi connectivity index (χ1v) is 6.71. The topological polar surface area (TPSA) is 142 Å². The van der Waals surface area contributed by atoms with Crippen molar-refractivity contribution in [3.05, 3.63) is 50.7 Å². The number of hydrogen-bond acceptors (Lipinski definition) is 7. The van der Waals surface area contributed by atoms with Crippen LogP contribution in [0.1, 0.15) is 6.42 Å². The van der Waals surface area contributed by atoms with Gasteiger partial charge in [0.05, 0.1) is 23.5 Å². The molecule has 0 aliphatic carbocycles. The van der Waals surface area contributed by atoms with E-state index in [2.05, 4.69) is 10.4 Å². The van der Waals surface area contributed by atoms with Gasteiger partial charge in [0, 0.05) is 24.2 Å². The van der Waals surface area contributed by atoms with Gasteiger partial charge in [-0.25, -0.2) is 0 Å². The van der Waals surface area contributed by atoms with Gasteiger partial charge in [-0.3, -0.25) is 29.7 Å². The number of nitrogens with zero attached hydrogens (tertiary/aromatic N) is 4. The largest absolute Gasteiger partial charge is 0.475 e. The molecule has 0 saturated heterocycles. The van der Waals surface area contributed by atoms with Crippen LogP contribution in [0.2, 0.25) is 0 Å². The number of aryl methyl sites for hydroxylation is 1. The van der Waals surface area contributed by atoms with E-state index in [4.69, 9.17) is 4.74 Å². The van der Waals surface area contributed by atoms with E-state index in [1.807, 2.05) is 0 Å². The number of hydrogen-bond donors (Lipinski definition) is 1. The minimum absolute atomic E-state index is 0.0129. The second-order valence-electron chi connectivity index (χ2n) is 4.65. The van der Waals surface area contributed by atoms with E-state index in [9.17, 15) is 25.0 Å². The number of nitro groups is 2. The van der Waals surface area contributed by atoms with E-state index >= 15 is 0 Å². The Morgan fingerprint density at radius 3 is 2.42 bits per heavy atom. The summed E-state index contributed by atoms with van der Waals surface area (Å²) in [6.45, 7) is 0.114. The molecule has 2 aromatic rings. The maximum atomic E-state index is 11.8. The SMILES string of the molecule is COc1nn(CCC(=O)Nc2ccc([N+](=O)[O-])cc2)cc1[N+](=O)[O-]. The summed E-state index contributed by atoms with van der Waals surface area (Å²) in [7, 11) is 1.26. The third-order valence-corrected chi connectivity index (χ3v) is 3.03. The third kappa shape index (κ3) is 4.03. The number of amides is 1. The summed E-state index contributed by atoms with van der Waals surface area (Å²) >= 11 is 0. The summed E-state index contributed by atoms with van der Waals surface area (Å²) in [4.78, 5) is 32.0. The highest BCUT2D eigenvalue weighted by molar-refractivity contribution is 5.90. The Balaban J connectivity index is 1.93. The molecule has 0 saturated carbocycles. The number of carbonyl (C=O) groups is 1. The zero-order valence-corrected chi connectivity index (χ0v) is 12.5. The standard InChI is InChI=1S/C13H13N5O6/c1-24-13-11(18(22)23)8-16(15-13)7-6-12(19)14-9-2-4-10(5-3-9)17(20)21/h2-5,8H,6-7H2,1H3,(H,14,19). The first kappa shape index (κ1) is 16.9. The zero-order valence-electron chi connectivity index (χ0n) is 12.5. The van der Waals surface area contributed by atoms with Crippen LogP contribution in [0.25, 0.3) is 0 Å². The van der Waals surface area contributed by atoms with Crippen molar-refractivity contribution in [3.8, 4) is 5.88 Å². The summed E-state index contributed by atoms with van der Waals surface area (Å²) in [6.07, 6.45) is 1.19. The fourth-order valence-corrected chi connectivity index (χ4v) is 1.88. The second kappa shape index (κ2) is 7.17. The number of rotatable bonds is 7. The third-order valence-electron chi connectivity index (χ3n) is 3.03. The van der Waals surface area contributed by atoms with Crippen molar-refractivity contribution in [1.29, 1.82) is 0 Å². The Bertz CT molecular complexity index is 770. The van der Waals surface area contributed by atoms with Crippen LogP contribution < -0.4 is 10.1 Å². The maximum absolute atomic E-state index is 11.8. The zero-order chi connectivity index (χ0) is 17.7. The fourth-order valence-electron chi connectivity index (χ4n) is 1.88. The highest BCUT2D eigenvalue weighted by Crippen LogP contribution is 2.24. The number of aromatic nitrogens is 2. The van der Waals surface area contributed by atoms with Crippen LogP contribution in [0.5, 0.6) is 5.88 Å². The van der Waals surface area contributed by atoms with Crippen molar-refractivity contribution in [2.75, 3.05) is 12.4 Å². The van der Waals surface area contributed by atoms with Crippen LogP contribution in [-0.2, 0) is 11.3 Å². The van der Waals surface area contributed by atoms with Gasteiger partial charge in [-0.2, -0.15) is 0 Å². The number of benzene rings is 1. The molecule has 126 valence electrons. The number of carbonyl (C=O) groups excluding carboxylic acids is 1. The molecule has 1 N–H and O–H groups in total. The highest BCUT2D eigenvalue weighted by Gasteiger charge is 2.20. The van der Waals surface area contributed by atoms with Gasteiger partial charge in [-0.1, -0.05) is 0 Å². The predicted octanol–water partition coefficient (Wildman–Crippen LogP) is 1.74. The van der Waals surface area contributed by atoms with Crippen molar-refractivity contribution >= 4 is 23.0 Å². The van der Waals surface area contributed by atoms with Gasteiger partial charge in [0.25, 0.3) is 5.69 Å². The van der Waals surface area contributed by atoms with E-state index in [-0.39, 0.29) is 36.1 Å². The predicted molar refractivity (Wildman–Crippen MR) is 81.8 cm³/mol. The fraction of sp³-hybridized carbons (Fsp3) is 0.231. The van der Waals surface area contributed by atoms with Crippen LogP contribution in [0.4, 0.5) is 17.1 Å². The molecule has 0 aliphatic heterocycles. The molecule has 0 fully saturated rings. The lowest BCUT2D eigenvalue weighted by Crippen LogP contribution is -2.14. The van der Waals surface area contributed by atoms with Gasteiger partial charge in [-0.15, -0.1) is 5.10 Å². The Labute approximate surface area is 135 Å². The van der Waals surface area contributed by atoms with Crippen molar-refractivity contribution in [2.24, 2.45) is 0 Å². The molecule has 1 heterocycles. The number of nitrogens with one attached hydrogen (secondary N) is 1. The van der Waals surface area contributed by atoms with Crippen LogP contribution in [0, 0.1) is 20.2 Å². The molecular weight excluding hydrogens is 322 g/mol. The molecule has 11 nitrogen and oxygen atoms in total. The lowest BCUT2D eigenvalue weighted by molar-refractivity contribution is -0.385. The van der Waals surface area contributed by atoms with E-state index in [0.29, 0.717) is 5.69 Å². The van der Waals surface area contributed by atoms with E-state index < -0.39 is 9.85 Å². The van der Waals surface area contributed by atoms with Crippen molar-refractivity contribution in [2.45, 2.75) is 13.0 Å². The van der Waals surface area contributed by atoms with Gasteiger partial charge in [0.15, 0.2) is 0 Å². The summed E-state index contributed by atoms with van der Waals surface area (Å²) < 4.78 is 6.03. The molecule has 0 bridgehead atoms. The Hall–Kier alpha value is -3.50. The quantitative estimate of drug-likeness (QED) is 0.599. The minimum atomic E-state index is -0.626. The average Bonchev–Trinajstić information content (AvgIpc) is 2.97. The number of methoxy groups -OCH3 is 1. The normalized spacial score (nSPS) is 10.2. The molecule has 0 atom stereocenters. The smallest absolute Gasteiger partial charge is 0.350 e. The first-order chi connectivity index (χ1) is 11.4. The molecule has 1 aromatic heterocycles.